The highest BCUT2D eigenvalue weighted by atomic mass is 16.5. The van der Waals surface area contributed by atoms with Gasteiger partial charge >= 0.3 is 0 Å². The summed E-state index contributed by atoms with van der Waals surface area (Å²) in [6.45, 7) is 0.647. The third-order valence-corrected chi connectivity index (χ3v) is 4.61. The topological polar surface area (TPSA) is 71.9 Å². The van der Waals surface area contributed by atoms with Crippen molar-refractivity contribution in [1.82, 2.24) is 20.1 Å². The molecule has 1 aromatic carbocycles. The number of H-pyrrole nitrogens is 1. The largest absolute Gasteiger partial charge is 0.370 e. The highest BCUT2D eigenvalue weighted by Crippen LogP contribution is 2.28. The fourth-order valence-electron chi connectivity index (χ4n) is 3.40. The third kappa shape index (κ3) is 2.69. The molecule has 0 aliphatic carbocycles. The molecule has 1 fully saturated rings. The summed E-state index contributed by atoms with van der Waals surface area (Å²) >= 11 is 0. The van der Waals surface area contributed by atoms with E-state index in [9.17, 15) is 4.79 Å². The molecule has 124 valence electrons. The predicted molar refractivity (Wildman–Crippen MR) is 90.5 cm³/mol. The SMILES string of the molecule is Cn1nccc1[C@H]1OCC[C@@H]1NC(=O)Cc1c[nH]c2ccccc12. The van der Waals surface area contributed by atoms with E-state index < -0.39 is 0 Å². The summed E-state index contributed by atoms with van der Waals surface area (Å²) in [5, 5.41) is 8.41. The van der Waals surface area contributed by atoms with E-state index in [1.165, 1.54) is 0 Å². The lowest BCUT2D eigenvalue weighted by Crippen LogP contribution is -2.38. The Hall–Kier alpha value is -2.60. The standard InChI is InChI=1S/C18H20N4O2/c1-22-16(6-8-20-22)18-15(7-9-24-18)21-17(23)10-12-11-19-14-5-3-2-4-13(12)14/h2-6,8,11,15,18-19H,7,9-10H2,1H3,(H,21,23)/t15-,18-/m0/s1. The highest BCUT2D eigenvalue weighted by Gasteiger charge is 2.32. The Kier molecular flexibility index (Phi) is 3.82. The van der Waals surface area contributed by atoms with Gasteiger partial charge in [-0.15, -0.1) is 0 Å². The molecule has 3 heterocycles. The maximum absolute atomic E-state index is 12.5. The van der Waals surface area contributed by atoms with Gasteiger partial charge in [0.25, 0.3) is 0 Å². The van der Waals surface area contributed by atoms with E-state index in [0.717, 1.165) is 28.6 Å². The molecule has 6 nitrogen and oxygen atoms in total. The van der Waals surface area contributed by atoms with E-state index in [1.807, 2.05) is 43.6 Å². The van der Waals surface area contributed by atoms with Crippen molar-refractivity contribution in [2.24, 2.45) is 7.05 Å². The second kappa shape index (κ2) is 6.13. The number of amides is 1. The Morgan fingerprint density at radius 1 is 1.42 bits per heavy atom. The third-order valence-electron chi connectivity index (χ3n) is 4.61. The smallest absolute Gasteiger partial charge is 0.224 e. The number of aromatic amines is 1. The Bertz CT molecular complexity index is 867. The number of carbonyl (C=O) groups excluding carboxylic acids is 1. The zero-order valence-corrected chi connectivity index (χ0v) is 13.5. The van der Waals surface area contributed by atoms with Gasteiger partial charge in [-0.1, -0.05) is 18.2 Å². The van der Waals surface area contributed by atoms with E-state index >= 15 is 0 Å². The van der Waals surface area contributed by atoms with Crippen molar-refractivity contribution in [3.8, 4) is 0 Å². The van der Waals surface area contributed by atoms with E-state index in [2.05, 4.69) is 15.4 Å². The molecule has 0 radical (unpaired) electrons. The summed E-state index contributed by atoms with van der Waals surface area (Å²) in [5.74, 6) is 0.0161. The molecule has 1 amide bonds. The minimum atomic E-state index is -0.135. The van der Waals surface area contributed by atoms with Gasteiger partial charge in [-0.3, -0.25) is 9.48 Å². The molecule has 0 spiro atoms. The second-order valence-electron chi connectivity index (χ2n) is 6.17. The number of aryl methyl sites for hydroxylation is 1. The number of benzene rings is 1. The molecule has 0 bridgehead atoms. The summed E-state index contributed by atoms with van der Waals surface area (Å²) in [6, 6.07) is 9.94. The normalized spacial score (nSPS) is 20.5. The molecule has 0 unspecified atom stereocenters. The van der Waals surface area contributed by atoms with Crippen LogP contribution in [-0.4, -0.2) is 33.3 Å². The van der Waals surface area contributed by atoms with E-state index in [-0.39, 0.29) is 18.1 Å². The quantitative estimate of drug-likeness (QED) is 0.772. The van der Waals surface area contributed by atoms with Gasteiger partial charge in [0.2, 0.25) is 5.91 Å². The molecule has 1 aliphatic heterocycles. The van der Waals surface area contributed by atoms with Crippen molar-refractivity contribution in [2.45, 2.75) is 25.0 Å². The molecule has 2 aromatic heterocycles. The fourth-order valence-corrected chi connectivity index (χ4v) is 3.40. The van der Waals surface area contributed by atoms with Crippen LogP contribution in [0.2, 0.25) is 0 Å². The first-order chi connectivity index (χ1) is 11.7. The highest BCUT2D eigenvalue weighted by molar-refractivity contribution is 5.88. The maximum atomic E-state index is 12.5. The molecule has 2 atom stereocenters. The van der Waals surface area contributed by atoms with Gasteiger partial charge in [-0.25, -0.2) is 0 Å². The number of nitrogens with zero attached hydrogens (tertiary/aromatic N) is 2. The lowest BCUT2D eigenvalue weighted by atomic mass is 10.1. The molecule has 1 saturated heterocycles. The molecule has 2 N–H and O–H groups in total. The Labute approximate surface area is 139 Å². The van der Waals surface area contributed by atoms with Gasteiger partial charge in [-0.2, -0.15) is 5.10 Å². The first kappa shape index (κ1) is 15.0. The average Bonchev–Trinajstić information content (AvgIpc) is 3.28. The number of hydrogen-bond acceptors (Lipinski definition) is 3. The zero-order valence-electron chi connectivity index (χ0n) is 13.5. The number of aromatic nitrogens is 3. The van der Waals surface area contributed by atoms with Crippen LogP contribution in [-0.2, 0) is 23.0 Å². The van der Waals surface area contributed by atoms with Crippen molar-refractivity contribution in [3.63, 3.8) is 0 Å². The van der Waals surface area contributed by atoms with E-state index in [4.69, 9.17) is 4.74 Å². The van der Waals surface area contributed by atoms with Gasteiger partial charge < -0.3 is 15.0 Å². The van der Waals surface area contributed by atoms with Crippen molar-refractivity contribution < 1.29 is 9.53 Å². The summed E-state index contributed by atoms with van der Waals surface area (Å²) < 4.78 is 7.62. The number of rotatable bonds is 4. The number of nitrogens with one attached hydrogen (secondary N) is 2. The van der Waals surface area contributed by atoms with Crippen LogP contribution in [0.25, 0.3) is 10.9 Å². The number of carbonyl (C=O) groups is 1. The van der Waals surface area contributed by atoms with E-state index in [0.29, 0.717) is 13.0 Å². The molecule has 4 rings (SSSR count). The minimum Gasteiger partial charge on any atom is -0.370 e. The molecule has 6 heteroatoms. The van der Waals surface area contributed by atoms with Crippen LogP contribution in [0.1, 0.15) is 23.8 Å². The zero-order chi connectivity index (χ0) is 16.5. The first-order valence-electron chi connectivity index (χ1n) is 8.16. The maximum Gasteiger partial charge on any atom is 0.224 e. The Morgan fingerprint density at radius 3 is 3.12 bits per heavy atom. The molecule has 1 aliphatic rings. The minimum absolute atomic E-state index is 0.0156. The Balaban J connectivity index is 1.47. The van der Waals surface area contributed by atoms with E-state index in [1.54, 1.807) is 10.9 Å². The van der Waals surface area contributed by atoms with Crippen LogP contribution >= 0.6 is 0 Å². The number of hydrogen-bond donors (Lipinski definition) is 2. The number of fused-ring (bicyclic) bond motifs is 1. The lowest BCUT2D eigenvalue weighted by molar-refractivity contribution is -0.121. The molecule has 3 aromatic rings. The number of ether oxygens (including phenoxy) is 1. The van der Waals surface area contributed by atoms with Gasteiger partial charge in [0.15, 0.2) is 0 Å². The van der Waals surface area contributed by atoms with Gasteiger partial charge in [0.05, 0.1) is 18.2 Å². The fraction of sp³-hybridized carbons (Fsp3) is 0.333. The monoisotopic (exact) mass is 324 g/mol. The van der Waals surface area contributed by atoms with Crippen LogP contribution < -0.4 is 5.32 Å². The Morgan fingerprint density at radius 2 is 2.29 bits per heavy atom. The van der Waals surface area contributed by atoms with Crippen molar-refractivity contribution in [2.75, 3.05) is 6.61 Å². The average molecular weight is 324 g/mol. The van der Waals surface area contributed by atoms with Crippen molar-refractivity contribution >= 4 is 16.8 Å². The summed E-state index contributed by atoms with van der Waals surface area (Å²) in [4.78, 5) is 15.7. The van der Waals surface area contributed by atoms with Crippen molar-refractivity contribution in [3.05, 3.63) is 54.0 Å². The molecular formula is C18H20N4O2. The van der Waals surface area contributed by atoms with Crippen LogP contribution in [0.4, 0.5) is 0 Å². The van der Waals surface area contributed by atoms with Crippen LogP contribution in [0, 0.1) is 0 Å². The number of para-hydroxylation sites is 1. The predicted octanol–water partition coefficient (Wildman–Crippen LogP) is 2.09. The van der Waals surface area contributed by atoms with Crippen LogP contribution in [0.5, 0.6) is 0 Å². The van der Waals surface area contributed by atoms with Crippen LogP contribution in [0.3, 0.4) is 0 Å². The molecule has 0 saturated carbocycles. The lowest BCUT2D eigenvalue weighted by Gasteiger charge is -2.20. The van der Waals surface area contributed by atoms with Crippen molar-refractivity contribution in [1.29, 1.82) is 0 Å². The molecule has 24 heavy (non-hydrogen) atoms. The molecular weight excluding hydrogens is 304 g/mol. The van der Waals surface area contributed by atoms with Gasteiger partial charge in [-0.05, 0) is 24.1 Å². The summed E-state index contributed by atoms with van der Waals surface area (Å²) in [5.41, 5.74) is 3.06. The van der Waals surface area contributed by atoms with Crippen LogP contribution in [0.15, 0.2) is 42.7 Å². The summed E-state index contributed by atoms with van der Waals surface area (Å²) in [6.07, 6.45) is 4.70. The first-order valence-corrected chi connectivity index (χ1v) is 8.16. The second-order valence-corrected chi connectivity index (χ2v) is 6.17. The summed E-state index contributed by atoms with van der Waals surface area (Å²) in [7, 11) is 1.89. The van der Waals surface area contributed by atoms with Gasteiger partial charge in [0, 0.05) is 37.0 Å². The van der Waals surface area contributed by atoms with Gasteiger partial charge in [0.1, 0.15) is 6.10 Å².